The summed E-state index contributed by atoms with van der Waals surface area (Å²) in [5.41, 5.74) is 9.35. The number of benzene rings is 4. The van der Waals surface area contributed by atoms with E-state index in [-0.39, 0.29) is 32.5 Å². The number of aromatic nitrogens is 2. The molecule has 1 atom stereocenters. The predicted molar refractivity (Wildman–Crippen MR) is 188 cm³/mol. The zero-order valence-corrected chi connectivity index (χ0v) is 29.7. The topological polar surface area (TPSA) is 48.6 Å². The van der Waals surface area contributed by atoms with Crippen molar-refractivity contribution in [3.63, 3.8) is 0 Å². The van der Waals surface area contributed by atoms with Crippen molar-refractivity contribution < 1.29 is 30.5 Å². The molecule has 6 heteroatoms. The first-order valence-electron chi connectivity index (χ1n) is 16.9. The Hall–Kier alpha value is -4.21. The summed E-state index contributed by atoms with van der Waals surface area (Å²) in [6, 6.07) is 35.1. The van der Waals surface area contributed by atoms with Crippen LogP contribution in [0.15, 0.2) is 90.1 Å². The third kappa shape index (κ3) is 5.01. The van der Waals surface area contributed by atoms with E-state index in [9.17, 15) is 0 Å². The number of nitrogens with zero attached hydrogens (tertiary/aromatic N) is 3. The van der Waals surface area contributed by atoms with Gasteiger partial charge in [0.15, 0.2) is 0 Å². The minimum absolute atomic E-state index is 0. The van der Waals surface area contributed by atoms with Gasteiger partial charge < -0.3 is 14.0 Å². The van der Waals surface area contributed by atoms with Crippen molar-refractivity contribution in [3.8, 4) is 28.3 Å². The Morgan fingerprint density at radius 2 is 1.67 bits per heavy atom. The molecule has 2 aliphatic heterocycles. The first-order chi connectivity index (χ1) is 23.0. The minimum atomic E-state index is -0.224. The van der Waals surface area contributed by atoms with Crippen molar-refractivity contribution in [3.05, 3.63) is 119 Å². The van der Waals surface area contributed by atoms with Gasteiger partial charge in [0.2, 0.25) is 0 Å². The first-order valence-corrected chi connectivity index (χ1v) is 16.9. The quantitative estimate of drug-likeness (QED) is 0.163. The van der Waals surface area contributed by atoms with Crippen LogP contribution in [-0.4, -0.2) is 28.1 Å². The summed E-state index contributed by atoms with van der Waals surface area (Å²) >= 11 is 0. The number of rotatable bonds is 5. The molecule has 0 unspecified atom stereocenters. The molecule has 5 nitrogen and oxygen atoms in total. The number of hydrogen-bond donors (Lipinski definition) is 0. The summed E-state index contributed by atoms with van der Waals surface area (Å²) < 4.78 is 15.3. The van der Waals surface area contributed by atoms with Crippen LogP contribution in [0, 0.1) is 25.0 Å². The number of hydrogen-bond acceptors (Lipinski definition) is 4. The molecule has 9 rings (SSSR count). The Labute approximate surface area is 296 Å². The maximum Gasteiger partial charge on any atom is 2.00 e. The molecule has 4 heterocycles. The Morgan fingerprint density at radius 3 is 2.50 bits per heavy atom. The summed E-state index contributed by atoms with van der Waals surface area (Å²) in [4.78, 5) is 9.97. The molecule has 48 heavy (non-hydrogen) atoms. The Morgan fingerprint density at radius 1 is 0.854 bits per heavy atom. The van der Waals surface area contributed by atoms with E-state index in [1.54, 1.807) is 0 Å². The second-order valence-corrected chi connectivity index (χ2v) is 13.9. The SMILES string of the molecule is Cc1cc2c([c-]c1Oc1[c-]c(C3=N[C@H](C4CCCCC4)CO3)cc(-c3ccccc3)c1)-n1c3ncccc3c3cccc(c31)C2(C)C.[Pt+2]. The third-order valence-electron chi connectivity index (χ3n) is 10.6. The molecule has 0 amide bonds. The van der Waals surface area contributed by atoms with Gasteiger partial charge in [-0.1, -0.05) is 118 Å². The van der Waals surface area contributed by atoms with Crippen LogP contribution in [0.2, 0.25) is 0 Å². The zero-order valence-electron chi connectivity index (χ0n) is 27.5. The molecule has 0 N–H and O–H groups in total. The molecule has 4 aromatic carbocycles. The molecule has 0 bridgehead atoms. The van der Waals surface area contributed by atoms with Crippen molar-refractivity contribution >= 4 is 27.8 Å². The maximum absolute atomic E-state index is 6.77. The molecular formula is C42H37N3O2Pt. The van der Waals surface area contributed by atoms with Crippen molar-refractivity contribution in [1.82, 2.24) is 9.55 Å². The molecule has 1 saturated carbocycles. The monoisotopic (exact) mass is 810 g/mol. The third-order valence-corrected chi connectivity index (χ3v) is 10.6. The van der Waals surface area contributed by atoms with Gasteiger partial charge in [0.05, 0.1) is 18.2 Å². The van der Waals surface area contributed by atoms with Gasteiger partial charge in [0.25, 0.3) is 0 Å². The molecule has 1 aliphatic carbocycles. The summed E-state index contributed by atoms with van der Waals surface area (Å²) in [6.07, 6.45) is 8.26. The van der Waals surface area contributed by atoms with E-state index >= 15 is 0 Å². The summed E-state index contributed by atoms with van der Waals surface area (Å²) in [7, 11) is 0. The Bertz CT molecular complexity index is 2210. The van der Waals surface area contributed by atoms with E-state index in [2.05, 4.69) is 104 Å². The number of ether oxygens (including phenoxy) is 2. The molecule has 3 aliphatic rings. The fourth-order valence-corrected chi connectivity index (χ4v) is 8.06. The van der Waals surface area contributed by atoms with Crippen molar-refractivity contribution in [2.45, 2.75) is 64.3 Å². The van der Waals surface area contributed by atoms with Crippen LogP contribution >= 0.6 is 0 Å². The number of aliphatic imine (C=N–C) groups is 1. The zero-order chi connectivity index (χ0) is 31.7. The molecule has 0 saturated heterocycles. The summed E-state index contributed by atoms with van der Waals surface area (Å²) in [5, 5.41) is 2.35. The van der Waals surface area contributed by atoms with Gasteiger partial charge in [-0.2, -0.15) is 6.07 Å². The van der Waals surface area contributed by atoms with Gasteiger partial charge >= 0.3 is 21.1 Å². The molecule has 0 radical (unpaired) electrons. The number of fused-ring (bicyclic) bond motifs is 5. The van der Waals surface area contributed by atoms with Crippen LogP contribution in [0.5, 0.6) is 11.5 Å². The number of para-hydroxylation sites is 1. The number of aryl methyl sites for hydroxylation is 1. The van der Waals surface area contributed by atoms with E-state index in [1.165, 1.54) is 54.1 Å². The van der Waals surface area contributed by atoms with Gasteiger partial charge in [-0.3, -0.25) is 4.99 Å². The minimum Gasteiger partial charge on any atom is -0.518 e. The number of pyridine rings is 1. The average molecular weight is 811 g/mol. The summed E-state index contributed by atoms with van der Waals surface area (Å²) in [6.45, 7) is 7.34. The van der Waals surface area contributed by atoms with Crippen LogP contribution in [0.4, 0.5) is 0 Å². The van der Waals surface area contributed by atoms with Gasteiger partial charge in [-0.05, 0) is 47.4 Å². The van der Waals surface area contributed by atoms with Gasteiger partial charge in [0.1, 0.15) is 11.5 Å². The fraction of sp³-hybridized carbons (Fsp3) is 0.286. The second kappa shape index (κ2) is 12.0. The van der Waals surface area contributed by atoms with E-state index < -0.39 is 0 Å². The second-order valence-electron chi connectivity index (χ2n) is 13.9. The Kier molecular flexibility index (Phi) is 7.79. The van der Waals surface area contributed by atoms with Crippen LogP contribution < -0.4 is 4.74 Å². The van der Waals surface area contributed by atoms with Crippen molar-refractivity contribution in [1.29, 1.82) is 0 Å². The van der Waals surface area contributed by atoms with Crippen molar-refractivity contribution in [2.75, 3.05) is 6.61 Å². The molecule has 0 spiro atoms. The smallest absolute Gasteiger partial charge is 0.518 e. The van der Waals surface area contributed by atoms with Gasteiger partial charge in [0, 0.05) is 28.5 Å². The van der Waals surface area contributed by atoms with E-state index in [0.29, 0.717) is 29.9 Å². The molecule has 6 aromatic rings. The average Bonchev–Trinajstić information content (AvgIpc) is 3.73. The van der Waals surface area contributed by atoms with Crippen LogP contribution in [0.1, 0.15) is 68.2 Å². The molecule has 1 fully saturated rings. The van der Waals surface area contributed by atoms with E-state index in [4.69, 9.17) is 19.5 Å². The van der Waals surface area contributed by atoms with Crippen LogP contribution in [0.3, 0.4) is 0 Å². The van der Waals surface area contributed by atoms with Gasteiger partial charge in [-0.25, -0.2) is 4.98 Å². The fourth-order valence-electron chi connectivity index (χ4n) is 8.06. The van der Waals surface area contributed by atoms with Crippen LogP contribution in [0.25, 0.3) is 38.8 Å². The van der Waals surface area contributed by atoms with Crippen molar-refractivity contribution in [2.24, 2.45) is 10.9 Å². The van der Waals surface area contributed by atoms with Gasteiger partial charge in [-0.15, -0.1) is 23.3 Å². The predicted octanol–water partition coefficient (Wildman–Crippen LogP) is 9.91. The van der Waals surface area contributed by atoms with Crippen LogP contribution in [-0.2, 0) is 31.2 Å². The largest absolute Gasteiger partial charge is 2.00 e. The van der Waals surface area contributed by atoms with E-state index in [1.807, 2.05) is 18.3 Å². The normalized spacial score (nSPS) is 18.2. The molecule has 242 valence electrons. The van der Waals surface area contributed by atoms with E-state index in [0.717, 1.165) is 39.0 Å². The Balaban J connectivity index is 0.00000336. The summed E-state index contributed by atoms with van der Waals surface area (Å²) in [5.74, 6) is 2.55. The first kappa shape index (κ1) is 31.1. The maximum atomic E-state index is 6.77. The molecular weight excluding hydrogens is 774 g/mol. The standard InChI is InChI=1S/C42H37N3O2.Pt/c1-26-20-35-37(45-39-32(33-17-11-19-43-40(33)45)16-10-18-34(39)42(35,2)3)24-38(26)47-31-22-29(27-12-6-4-7-13-27)21-30(23-31)41-44-36(25-46-41)28-14-8-5-9-15-28;/h4,6-7,10-13,16-22,28,36H,5,8-9,14-15,25H2,1-3H3;/q-2;+2/t36-;/m0./s1. The molecule has 2 aromatic heterocycles.